The number of carboxylic acid groups (broad SMARTS) is 1. The number of likely N-dealkylation sites (N-methyl/N-ethyl adjacent to an activating group) is 1. The van der Waals surface area contributed by atoms with Gasteiger partial charge in [0.2, 0.25) is 0 Å². The van der Waals surface area contributed by atoms with E-state index in [0.29, 0.717) is 11.0 Å². The first-order chi connectivity index (χ1) is 39.6. The van der Waals surface area contributed by atoms with Crippen molar-refractivity contribution < 1.29 is 42.9 Å². The fraction of sp³-hybridized carbons (Fsp3) is 0.792. The molecule has 0 radical (unpaired) electrons. The van der Waals surface area contributed by atoms with E-state index in [9.17, 15) is 19.5 Å². The van der Waals surface area contributed by atoms with Crippen LogP contribution < -0.4 is 0 Å². The number of hydrogen-bond donors (Lipinski definition) is 1. The van der Waals surface area contributed by atoms with E-state index in [1.807, 2.05) is 21.1 Å². The molecule has 0 bridgehead atoms. The van der Waals surface area contributed by atoms with E-state index in [0.717, 1.165) is 89.9 Å². The van der Waals surface area contributed by atoms with E-state index in [1.54, 1.807) is 0 Å². The maximum atomic E-state index is 12.9. The number of nitrogens with zero attached hydrogens (tertiary/aromatic N) is 1. The highest BCUT2D eigenvalue weighted by molar-refractivity contribution is 5.71. The standard InChI is InChI=1S/C72H129NO8/c1-6-8-10-12-14-16-18-20-22-23-24-25-26-27-28-29-30-31-32-33-34-35-36-37-38-39-40-41-42-43-44-45-46-47-49-51-53-55-57-59-61-63-70(75)81-68(67-80-72(71(76)77)78-65-64-73(3,4)5)66-79-69(74)62-60-58-56-54-52-50-48-21-19-17-15-13-11-9-7-2/h9,11,15,17-18,20-21,23-24,26-27,48,68,72H,6-8,10,12-14,16,19,22,25,28-47,49-67H2,1-5H3/p+1/b11-9-,17-15-,20-18-,24-23-,27-26-,48-21-. The van der Waals surface area contributed by atoms with Crippen LogP contribution in [0.5, 0.6) is 0 Å². The molecule has 2 atom stereocenters. The molecule has 0 aromatic heterocycles. The van der Waals surface area contributed by atoms with E-state index < -0.39 is 24.3 Å². The quantitative estimate of drug-likeness (QED) is 0.0211. The molecule has 9 nitrogen and oxygen atoms in total. The maximum Gasteiger partial charge on any atom is 0.361 e. The van der Waals surface area contributed by atoms with Crippen LogP contribution in [-0.2, 0) is 33.3 Å². The van der Waals surface area contributed by atoms with Crippen molar-refractivity contribution in [2.45, 2.75) is 322 Å². The molecule has 0 fully saturated rings. The smallest absolute Gasteiger partial charge is 0.361 e. The first-order valence-corrected chi connectivity index (χ1v) is 34.1. The molecule has 0 rings (SSSR count). The summed E-state index contributed by atoms with van der Waals surface area (Å²) in [6.07, 6.45) is 80.4. The van der Waals surface area contributed by atoms with E-state index in [2.05, 4.69) is 86.8 Å². The number of carbonyl (C=O) groups is 3. The molecule has 0 heterocycles. The van der Waals surface area contributed by atoms with Crippen molar-refractivity contribution in [2.24, 2.45) is 0 Å². The van der Waals surface area contributed by atoms with Crippen LogP contribution >= 0.6 is 0 Å². The van der Waals surface area contributed by atoms with Crippen molar-refractivity contribution in [1.29, 1.82) is 0 Å². The third-order valence-corrected chi connectivity index (χ3v) is 14.9. The zero-order valence-electron chi connectivity index (χ0n) is 53.7. The van der Waals surface area contributed by atoms with Crippen molar-refractivity contribution in [3.63, 3.8) is 0 Å². The molecule has 81 heavy (non-hydrogen) atoms. The van der Waals surface area contributed by atoms with Crippen molar-refractivity contribution in [3.05, 3.63) is 72.9 Å². The van der Waals surface area contributed by atoms with E-state index in [-0.39, 0.29) is 38.6 Å². The van der Waals surface area contributed by atoms with Gasteiger partial charge in [-0.15, -0.1) is 0 Å². The predicted molar refractivity (Wildman–Crippen MR) is 346 cm³/mol. The van der Waals surface area contributed by atoms with Crippen LogP contribution in [-0.4, -0.2) is 87.4 Å². The van der Waals surface area contributed by atoms with Gasteiger partial charge in [0.15, 0.2) is 6.10 Å². The zero-order chi connectivity index (χ0) is 59.1. The third kappa shape index (κ3) is 64.1. The minimum atomic E-state index is -1.51. The summed E-state index contributed by atoms with van der Waals surface area (Å²) in [7, 11) is 5.97. The SMILES string of the molecule is CC/C=C\C/C=C\C/C=C\CCCCCCCC(=O)OCC(COC(OCC[N+](C)(C)C)C(=O)O)OC(=O)CCCCCCCCCCCCCCCCCCCCCCCCCCCC/C=C\C/C=C\C/C=C\CCCCCCC. The van der Waals surface area contributed by atoms with Gasteiger partial charge in [-0.05, 0) is 83.5 Å². The Kier molecular flexibility index (Phi) is 60.2. The molecular formula is C72H130NO8+. The molecule has 0 saturated carbocycles. The van der Waals surface area contributed by atoms with Crippen molar-refractivity contribution >= 4 is 17.9 Å². The molecular weight excluding hydrogens is 1010 g/mol. The molecule has 470 valence electrons. The third-order valence-electron chi connectivity index (χ3n) is 14.9. The summed E-state index contributed by atoms with van der Waals surface area (Å²) >= 11 is 0. The highest BCUT2D eigenvalue weighted by Crippen LogP contribution is 2.18. The first kappa shape index (κ1) is 77.7. The number of ether oxygens (including phenoxy) is 4. The molecule has 0 aliphatic heterocycles. The fourth-order valence-electron chi connectivity index (χ4n) is 9.74. The van der Waals surface area contributed by atoms with Gasteiger partial charge in [-0.3, -0.25) is 9.59 Å². The molecule has 9 heteroatoms. The first-order valence-electron chi connectivity index (χ1n) is 34.1. The monoisotopic (exact) mass is 1140 g/mol. The van der Waals surface area contributed by atoms with Crippen LogP contribution in [0.25, 0.3) is 0 Å². The number of quaternary nitrogens is 1. The van der Waals surface area contributed by atoms with Crippen LogP contribution in [0, 0.1) is 0 Å². The lowest BCUT2D eigenvalue weighted by Gasteiger charge is -2.25. The Labute approximate surface area is 500 Å². The van der Waals surface area contributed by atoms with Crippen LogP contribution in [0.3, 0.4) is 0 Å². The van der Waals surface area contributed by atoms with Crippen molar-refractivity contribution in [3.8, 4) is 0 Å². The molecule has 0 amide bonds. The molecule has 0 saturated heterocycles. The molecule has 1 N–H and O–H groups in total. The van der Waals surface area contributed by atoms with Crippen LogP contribution in [0.4, 0.5) is 0 Å². The minimum Gasteiger partial charge on any atom is -0.477 e. The second kappa shape index (κ2) is 62.8. The van der Waals surface area contributed by atoms with Crippen LogP contribution in [0.15, 0.2) is 72.9 Å². The van der Waals surface area contributed by atoms with Gasteiger partial charge >= 0.3 is 17.9 Å². The Morgan fingerprint density at radius 3 is 1.05 bits per heavy atom. The Balaban J connectivity index is 3.93. The second-order valence-corrected chi connectivity index (χ2v) is 24.1. The normalized spacial score (nSPS) is 13.1. The summed E-state index contributed by atoms with van der Waals surface area (Å²) in [5.74, 6) is -2.02. The number of unbranched alkanes of at least 4 members (excludes halogenated alkanes) is 36. The highest BCUT2D eigenvalue weighted by atomic mass is 16.7. The zero-order valence-corrected chi connectivity index (χ0v) is 53.7. The average molecular weight is 1140 g/mol. The molecule has 0 aromatic rings. The number of esters is 2. The lowest BCUT2D eigenvalue weighted by atomic mass is 10.0. The summed E-state index contributed by atoms with van der Waals surface area (Å²) in [5, 5.41) is 9.71. The van der Waals surface area contributed by atoms with Gasteiger partial charge in [-0.2, -0.15) is 0 Å². The largest absolute Gasteiger partial charge is 0.477 e. The number of carbonyl (C=O) groups excluding carboxylic acids is 2. The van der Waals surface area contributed by atoms with Gasteiger partial charge in [0, 0.05) is 12.8 Å². The lowest BCUT2D eigenvalue weighted by molar-refractivity contribution is -0.870. The van der Waals surface area contributed by atoms with Crippen molar-refractivity contribution in [1.82, 2.24) is 0 Å². The van der Waals surface area contributed by atoms with Gasteiger partial charge in [0.1, 0.15) is 13.2 Å². The Bertz CT molecular complexity index is 1560. The molecule has 0 spiro atoms. The van der Waals surface area contributed by atoms with E-state index in [1.165, 1.54) is 193 Å². The summed E-state index contributed by atoms with van der Waals surface area (Å²) < 4.78 is 22.9. The van der Waals surface area contributed by atoms with Crippen LogP contribution in [0.2, 0.25) is 0 Å². The molecule has 0 aliphatic rings. The Morgan fingerprint density at radius 1 is 0.383 bits per heavy atom. The van der Waals surface area contributed by atoms with Gasteiger partial charge in [-0.25, -0.2) is 4.79 Å². The van der Waals surface area contributed by atoms with Gasteiger partial charge < -0.3 is 28.5 Å². The summed E-state index contributed by atoms with van der Waals surface area (Å²) in [4.78, 5) is 37.4. The summed E-state index contributed by atoms with van der Waals surface area (Å²) in [6.45, 7) is 4.76. The number of aliphatic carboxylic acids is 1. The van der Waals surface area contributed by atoms with Gasteiger partial charge in [0.05, 0.1) is 34.4 Å². The highest BCUT2D eigenvalue weighted by Gasteiger charge is 2.25. The fourth-order valence-corrected chi connectivity index (χ4v) is 9.74. The summed E-state index contributed by atoms with van der Waals surface area (Å²) in [6, 6.07) is 0. The lowest BCUT2D eigenvalue weighted by Crippen LogP contribution is -2.40. The second-order valence-electron chi connectivity index (χ2n) is 24.1. The van der Waals surface area contributed by atoms with Crippen molar-refractivity contribution in [2.75, 3.05) is 47.5 Å². The minimum absolute atomic E-state index is 0.184. The Morgan fingerprint density at radius 2 is 0.704 bits per heavy atom. The van der Waals surface area contributed by atoms with Crippen LogP contribution in [0.1, 0.15) is 309 Å². The number of hydrogen-bond acceptors (Lipinski definition) is 7. The number of carboxylic acids is 1. The van der Waals surface area contributed by atoms with E-state index in [4.69, 9.17) is 18.9 Å². The van der Waals surface area contributed by atoms with Gasteiger partial charge in [-0.1, -0.05) is 286 Å². The van der Waals surface area contributed by atoms with E-state index >= 15 is 0 Å². The Hall–Kier alpha value is -3.27. The molecule has 2 unspecified atom stereocenters. The molecule has 0 aliphatic carbocycles. The predicted octanol–water partition coefficient (Wildman–Crippen LogP) is 20.9. The number of rotatable bonds is 63. The maximum absolute atomic E-state index is 12.9. The average Bonchev–Trinajstić information content (AvgIpc) is 3.44. The van der Waals surface area contributed by atoms with Gasteiger partial charge in [0.25, 0.3) is 6.29 Å². The number of allylic oxidation sites excluding steroid dienone is 12. The summed E-state index contributed by atoms with van der Waals surface area (Å²) in [5.41, 5.74) is 0. The molecule has 0 aromatic carbocycles. The topological polar surface area (TPSA) is 108 Å².